The summed E-state index contributed by atoms with van der Waals surface area (Å²) in [5.74, 6) is 0. The van der Waals surface area contributed by atoms with Crippen molar-refractivity contribution in [3.8, 4) is 0 Å². The van der Waals surface area contributed by atoms with E-state index in [9.17, 15) is 0 Å². The molecule has 0 radical (unpaired) electrons. The molecule has 0 unspecified atom stereocenters. The van der Waals surface area contributed by atoms with Gasteiger partial charge in [0.05, 0.1) is 0 Å². The van der Waals surface area contributed by atoms with E-state index in [1.807, 2.05) is 0 Å². The van der Waals surface area contributed by atoms with Gasteiger partial charge in [-0.15, -0.1) is 0 Å². The van der Waals surface area contributed by atoms with Crippen LogP contribution in [0.1, 0.15) is 0 Å². The molecule has 9 heteroatoms. The summed E-state index contributed by atoms with van der Waals surface area (Å²) in [6, 6.07) is 0. The summed E-state index contributed by atoms with van der Waals surface area (Å²) in [6.45, 7) is 0. The van der Waals surface area contributed by atoms with Gasteiger partial charge in [0, 0.05) is 0 Å². The maximum atomic E-state index is 8.52. The van der Waals surface area contributed by atoms with Crippen LogP contribution in [0, 0.1) is 0 Å². The standard InChI is InChI=1S/2H3O3P.W/c2*1-4(2)3;/h2*4H,(H2,1,2,3);/q;;+4/p-4. The van der Waals surface area contributed by atoms with Crippen LogP contribution in [0.5, 0.6) is 0 Å². The Balaban J connectivity index is -0.0000000720. The van der Waals surface area contributed by atoms with Gasteiger partial charge in [-0.25, -0.2) is 0 Å². The van der Waals surface area contributed by atoms with Gasteiger partial charge in [-0.1, -0.05) is 16.5 Å². The van der Waals surface area contributed by atoms with Crippen molar-refractivity contribution < 1.29 is 49.8 Å². The zero-order chi connectivity index (χ0) is 7.15. The van der Waals surface area contributed by atoms with Crippen LogP contribution in [0.25, 0.3) is 0 Å². The van der Waals surface area contributed by atoms with Crippen LogP contribution in [-0.4, -0.2) is 0 Å². The summed E-state index contributed by atoms with van der Waals surface area (Å²) in [5, 5.41) is 0. The summed E-state index contributed by atoms with van der Waals surface area (Å²) in [4.78, 5) is 34.1. The van der Waals surface area contributed by atoms with E-state index < -0.39 is 16.5 Å². The average molecular weight is 344 g/mol. The van der Waals surface area contributed by atoms with Crippen LogP contribution in [0.4, 0.5) is 0 Å². The van der Waals surface area contributed by atoms with E-state index in [2.05, 4.69) is 0 Å². The zero-order valence-corrected chi connectivity index (χ0v) is 8.79. The van der Waals surface area contributed by atoms with E-state index in [1.54, 1.807) is 0 Å². The van der Waals surface area contributed by atoms with E-state index in [0.29, 0.717) is 0 Å². The van der Waals surface area contributed by atoms with Gasteiger partial charge in [-0.05, 0) is 0 Å². The van der Waals surface area contributed by atoms with Gasteiger partial charge in [0.1, 0.15) is 0 Å². The Morgan fingerprint density at radius 2 is 0.778 bits per heavy atom. The molecule has 0 N–H and O–H groups in total. The minimum absolute atomic E-state index is 0. The molecule has 0 amide bonds. The van der Waals surface area contributed by atoms with Crippen molar-refractivity contribution in [2.75, 3.05) is 0 Å². The van der Waals surface area contributed by atoms with E-state index in [-0.39, 0.29) is 21.1 Å². The molecule has 0 aromatic rings. The summed E-state index contributed by atoms with van der Waals surface area (Å²) in [7, 11) is -7.26. The molecule has 0 bridgehead atoms. The first-order chi connectivity index (χ1) is 3.46. The Morgan fingerprint density at radius 3 is 0.778 bits per heavy atom. The van der Waals surface area contributed by atoms with Gasteiger partial charge < -0.3 is 28.7 Å². The van der Waals surface area contributed by atoms with Crippen molar-refractivity contribution in [1.29, 1.82) is 0 Å². The normalized spacial score (nSPS) is 7.78. The van der Waals surface area contributed by atoms with Crippen LogP contribution in [0.3, 0.4) is 0 Å². The van der Waals surface area contributed by atoms with E-state index in [4.69, 9.17) is 28.7 Å². The van der Waals surface area contributed by atoms with Crippen molar-refractivity contribution in [3.05, 3.63) is 0 Å². The molecule has 0 rings (SSSR count). The number of hydrogen-bond acceptors (Lipinski definition) is 6. The minimum Gasteiger partial charge on any atom is -0.813 e. The van der Waals surface area contributed by atoms with Crippen molar-refractivity contribution >= 4 is 16.5 Å². The molecule has 0 saturated heterocycles. The minimum atomic E-state index is -3.63. The Hall–Kier alpha value is 0.988. The molecule has 9 heavy (non-hydrogen) atoms. The predicted octanol–water partition coefficient (Wildman–Crippen LogP) is -3.81. The first-order valence-corrected chi connectivity index (χ1v) is 3.67. The molecule has 0 fully saturated rings. The quantitative estimate of drug-likeness (QED) is 0.415. The summed E-state index contributed by atoms with van der Waals surface area (Å²) >= 11 is 0. The Labute approximate surface area is 66.7 Å². The van der Waals surface area contributed by atoms with Crippen molar-refractivity contribution in [3.63, 3.8) is 0 Å². The molecule has 54 valence electrons. The largest absolute Gasteiger partial charge is 4.00 e. The molecule has 0 aliphatic heterocycles. The van der Waals surface area contributed by atoms with Crippen LogP contribution in [-0.2, 0) is 30.2 Å². The van der Waals surface area contributed by atoms with Crippen molar-refractivity contribution in [2.24, 2.45) is 0 Å². The summed E-state index contributed by atoms with van der Waals surface area (Å²) in [6.07, 6.45) is 0. The van der Waals surface area contributed by atoms with Gasteiger partial charge in [0.2, 0.25) is 0 Å². The molecule has 0 aliphatic carbocycles. The average Bonchev–Trinajstić information content (AvgIpc) is 1.25. The Bertz CT molecular complexity index is 69.1. The third-order valence-electron chi connectivity index (χ3n) is 0. The van der Waals surface area contributed by atoms with Crippen molar-refractivity contribution in [1.82, 2.24) is 0 Å². The van der Waals surface area contributed by atoms with Crippen molar-refractivity contribution in [2.45, 2.75) is 0 Å². The topological polar surface area (TPSA) is 126 Å². The molecular formula is H2O6P2W. The second kappa shape index (κ2) is 11.7. The van der Waals surface area contributed by atoms with E-state index in [1.165, 1.54) is 0 Å². The monoisotopic (exact) mass is 344 g/mol. The number of rotatable bonds is 0. The second-order valence-electron chi connectivity index (χ2n) is 0.500. The van der Waals surface area contributed by atoms with E-state index in [0.717, 1.165) is 0 Å². The molecule has 0 aliphatic rings. The predicted molar refractivity (Wildman–Crippen MR) is 18.0 cm³/mol. The molecule has 0 heterocycles. The van der Waals surface area contributed by atoms with Crippen LogP contribution < -0.4 is 19.6 Å². The Kier molecular flexibility index (Phi) is 21.6. The smallest absolute Gasteiger partial charge is 0.813 e. The zero-order valence-electron chi connectivity index (χ0n) is 3.86. The van der Waals surface area contributed by atoms with Gasteiger partial charge in [-0.2, -0.15) is 0 Å². The molecule has 0 aromatic heterocycles. The maximum absolute atomic E-state index is 8.52. The fourth-order valence-electron chi connectivity index (χ4n) is 0. The van der Waals surface area contributed by atoms with Crippen LogP contribution >= 0.6 is 16.5 Å². The fraction of sp³-hybridized carbons (Fsp3) is 0. The molecule has 6 nitrogen and oxygen atoms in total. The molecule has 0 atom stereocenters. The number of hydrogen-bond donors (Lipinski definition) is 0. The molecule has 0 aromatic carbocycles. The van der Waals surface area contributed by atoms with Gasteiger partial charge in [0.15, 0.2) is 0 Å². The summed E-state index contributed by atoms with van der Waals surface area (Å²) in [5.41, 5.74) is 0. The molecule has 0 saturated carbocycles. The van der Waals surface area contributed by atoms with Crippen LogP contribution in [0.15, 0.2) is 0 Å². The summed E-state index contributed by atoms with van der Waals surface area (Å²) < 4.78 is 17.0. The Morgan fingerprint density at radius 1 is 0.778 bits per heavy atom. The second-order valence-corrected chi connectivity index (χ2v) is 1.50. The van der Waals surface area contributed by atoms with Gasteiger partial charge in [0.25, 0.3) is 0 Å². The van der Waals surface area contributed by atoms with Gasteiger partial charge in [-0.3, -0.25) is 0 Å². The van der Waals surface area contributed by atoms with E-state index >= 15 is 0 Å². The molecule has 0 spiro atoms. The fourth-order valence-corrected chi connectivity index (χ4v) is 0. The van der Waals surface area contributed by atoms with Crippen LogP contribution in [0.2, 0.25) is 0 Å². The maximum Gasteiger partial charge on any atom is 4.00 e. The third kappa shape index (κ3) is 449. The first-order valence-electron chi connectivity index (χ1n) is 1.22. The molecular weight excluding hydrogens is 342 g/mol. The first kappa shape index (κ1) is 16.5. The SMILES string of the molecule is O=[PH]([O-])[O-].O=[PH]([O-])[O-].[W+4]. The third-order valence-corrected chi connectivity index (χ3v) is 0. The van der Waals surface area contributed by atoms with Gasteiger partial charge >= 0.3 is 21.1 Å².